The van der Waals surface area contributed by atoms with E-state index in [1.807, 2.05) is 12.1 Å². The standard InChI is InChI=1S/C17H28N4/c18-16-5-3-6-17(15-16)21-13-11-20(12-14-21)10-4-9-19-7-1-2-8-19/h3,5-6,15H,1-2,4,7-14,18H2. The lowest BCUT2D eigenvalue weighted by Gasteiger charge is -2.36. The molecule has 0 saturated carbocycles. The molecule has 1 aromatic rings. The van der Waals surface area contributed by atoms with Crippen molar-refractivity contribution in [2.45, 2.75) is 19.3 Å². The summed E-state index contributed by atoms with van der Waals surface area (Å²) >= 11 is 0. The Balaban J connectivity index is 1.38. The summed E-state index contributed by atoms with van der Waals surface area (Å²) in [4.78, 5) is 7.68. The summed E-state index contributed by atoms with van der Waals surface area (Å²) in [5, 5.41) is 0. The van der Waals surface area contributed by atoms with Crippen molar-refractivity contribution in [3.05, 3.63) is 24.3 Å². The number of nitrogens with two attached hydrogens (primary N) is 1. The van der Waals surface area contributed by atoms with Crippen LogP contribution in [0.15, 0.2) is 24.3 Å². The number of benzene rings is 1. The molecule has 3 rings (SSSR count). The first-order valence-electron chi connectivity index (χ1n) is 8.36. The first-order valence-corrected chi connectivity index (χ1v) is 8.36. The van der Waals surface area contributed by atoms with E-state index < -0.39 is 0 Å². The molecule has 2 aliphatic heterocycles. The van der Waals surface area contributed by atoms with E-state index in [1.54, 1.807) is 0 Å². The number of likely N-dealkylation sites (tertiary alicyclic amines) is 1. The maximum atomic E-state index is 5.88. The molecule has 0 atom stereocenters. The Bertz CT molecular complexity index is 434. The zero-order chi connectivity index (χ0) is 14.5. The zero-order valence-electron chi connectivity index (χ0n) is 13.0. The number of hydrogen-bond acceptors (Lipinski definition) is 4. The molecule has 0 unspecified atom stereocenters. The van der Waals surface area contributed by atoms with Crippen LogP contribution in [0.3, 0.4) is 0 Å². The van der Waals surface area contributed by atoms with Crippen LogP contribution >= 0.6 is 0 Å². The second-order valence-corrected chi connectivity index (χ2v) is 6.33. The van der Waals surface area contributed by atoms with Gasteiger partial charge in [0.25, 0.3) is 0 Å². The van der Waals surface area contributed by atoms with Gasteiger partial charge in [0.05, 0.1) is 0 Å². The molecule has 116 valence electrons. The number of nitrogens with zero attached hydrogens (tertiary/aromatic N) is 3. The fraction of sp³-hybridized carbons (Fsp3) is 0.647. The highest BCUT2D eigenvalue weighted by molar-refractivity contribution is 5.56. The Morgan fingerprint density at radius 3 is 2.19 bits per heavy atom. The van der Waals surface area contributed by atoms with Crippen molar-refractivity contribution in [1.29, 1.82) is 0 Å². The second kappa shape index (κ2) is 7.14. The molecule has 2 saturated heterocycles. The first kappa shape index (κ1) is 14.7. The van der Waals surface area contributed by atoms with E-state index in [-0.39, 0.29) is 0 Å². The number of piperazine rings is 1. The lowest BCUT2D eigenvalue weighted by atomic mass is 10.2. The Labute approximate surface area is 128 Å². The van der Waals surface area contributed by atoms with E-state index in [2.05, 4.69) is 26.8 Å². The van der Waals surface area contributed by atoms with Crippen LogP contribution in [0.5, 0.6) is 0 Å². The van der Waals surface area contributed by atoms with E-state index in [0.29, 0.717) is 0 Å². The highest BCUT2D eigenvalue weighted by atomic mass is 15.3. The number of rotatable bonds is 5. The molecule has 0 aromatic heterocycles. The van der Waals surface area contributed by atoms with Crippen molar-refractivity contribution in [2.75, 3.05) is 63.0 Å². The van der Waals surface area contributed by atoms with Gasteiger partial charge in [0.15, 0.2) is 0 Å². The lowest BCUT2D eigenvalue weighted by Crippen LogP contribution is -2.47. The summed E-state index contributed by atoms with van der Waals surface area (Å²) in [6.07, 6.45) is 4.12. The molecule has 2 fully saturated rings. The minimum absolute atomic E-state index is 0.862. The summed E-state index contributed by atoms with van der Waals surface area (Å²) in [5.41, 5.74) is 8.01. The Morgan fingerprint density at radius 1 is 0.857 bits per heavy atom. The molecule has 0 spiro atoms. The summed E-state index contributed by atoms with van der Waals surface area (Å²) in [6, 6.07) is 8.26. The second-order valence-electron chi connectivity index (χ2n) is 6.33. The molecule has 4 nitrogen and oxygen atoms in total. The summed E-state index contributed by atoms with van der Waals surface area (Å²) in [6.45, 7) is 9.77. The maximum absolute atomic E-state index is 5.88. The smallest absolute Gasteiger partial charge is 0.0387 e. The van der Waals surface area contributed by atoms with Crippen LogP contribution in [-0.4, -0.2) is 62.2 Å². The van der Waals surface area contributed by atoms with E-state index in [1.165, 1.54) is 64.2 Å². The van der Waals surface area contributed by atoms with Gasteiger partial charge in [0.2, 0.25) is 0 Å². The van der Waals surface area contributed by atoms with Crippen LogP contribution in [0.2, 0.25) is 0 Å². The van der Waals surface area contributed by atoms with Crippen molar-refractivity contribution in [2.24, 2.45) is 0 Å². The fourth-order valence-corrected chi connectivity index (χ4v) is 3.48. The number of hydrogen-bond donors (Lipinski definition) is 1. The average molecular weight is 288 g/mol. The molecule has 4 heteroatoms. The van der Waals surface area contributed by atoms with Gasteiger partial charge in [-0.1, -0.05) is 6.07 Å². The van der Waals surface area contributed by atoms with Gasteiger partial charge >= 0.3 is 0 Å². The van der Waals surface area contributed by atoms with Gasteiger partial charge in [-0.25, -0.2) is 0 Å². The van der Waals surface area contributed by atoms with E-state index in [4.69, 9.17) is 5.73 Å². The van der Waals surface area contributed by atoms with Crippen LogP contribution in [0.25, 0.3) is 0 Å². The van der Waals surface area contributed by atoms with Gasteiger partial charge in [0.1, 0.15) is 0 Å². The molecule has 21 heavy (non-hydrogen) atoms. The minimum atomic E-state index is 0.862. The molecule has 2 aliphatic rings. The van der Waals surface area contributed by atoms with Crippen molar-refractivity contribution in [3.8, 4) is 0 Å². The van der Waals surface area contributed by atoms with Crippen LogP contribution < -0.4 is 10.6 Å². The topological polar surface area (TPSA) is 35.7 Å². The molecular formula is C17H28N4. The monoisotopic (exact) mass is 288 g/mol. The number of anilines is 2. The molecular weight excluding hydrogens is 260 g/mol. The minimum Gasteiger partial charge on any atom is -0.399 e. The predicted octanol–water partition coefficient (Wildman–Crippen LogP) is 1.88. The SMILES string of the molecule is Nc1cccc(N2CCN(CCCN3CCCC3)CC2)c1. The molecule has 1 aromatic carbocycles. The summed E-state index contributed by atoms with van der Waals surface area (Å²) < 4.78 is 0. The van der Waals surface area contributed by atoms with Crippen molar-refractivity contribution >= 4 is 11.4 Å². The quantitative estimate of drug-likeness (QED) is 0.839. The van der Waals surface area contributed by atoms with Gasteiger partial charge < -0.3 is 15.5 Å². The van der Waals surface area contributed by atoms with E-state index in [9.17, 15) is 0 Å². The highest BCUT2D eigenvalue weighted by Gasteiger charge is 2.17. The van der Waals surface area contributed by atoms with Gasteiger partial charge in [-0.3, -0.25) is 4.90 Å². The summed E-state index contributed by atoms with van der Waals surface area (Å²) in [5.74, 6) is 0. The first-order chi connectivity index (χ1) is 10.3. The van der Waals surface area contributed by atoms with Crippen LogP contribution in [0, 0.1) is 0 Å². The predicted molar refractivity (Wildman–Crippen MR) is 89.8 cm³/mol. The molecule has 2 heterocycles. The van der Waals surface area contributed by atoms with Crippen molar-refractivity contribution in [3.63, 3.8) is 0 Å². The Hall–Kier alpha value is -1.26. The summed E-state index contributed by atoms with van der Waals surface area (Å²) in [7, 11) is 0. The largest absolute Gasteiger partial charge is 0.399 e. The average Bonchev–Trinajstić information content (AvgIpc) is 3.01. The molecule has 0 radical (unpaired) electrons. The van der Waals surface area contributed by atoms with Gasteiger partial charge in [-0.15, -0.1) is 0 Å². The fourth-order valence-electron chi connectivity index (χ4n) is 3.48. The van der Waals surface area contributed by atoms with E-state index >= 15 is 0 Å². The zero-order valence-corrected chi connectivity index (χ0v) is 13.0. The van der Waals surface area contributed by atoms with E-state index in [0.717, 1.165) is 18.8 Å². The normalized spacial score (nSPS) is 21.0. The lowest BCUT2D eigenvalue weighted by molar-refractivity contribution is 0.234. The maximum Gasteiger partial charge on any atom is 0.0387 e. The highest BCUT2D eigenvalue weighted by Crippen LogP contribution is 2.19. The van der Waals surface area contributed by atoms with Gasteiger partial charge in [-0.05, 0) is 63.6 Å². The number of nitrogen functional groups attached to an aromatic ring is 1. The van der Waals surface area contributed by atoms with Crippen molar-refractivity contribution in [1.82, 2.24) is 9.80 Å². The third kappa shape index (κ3) is 4.11. The van der Waals surface area contributed by atoms with Crippen LogP contribution in [-0.2, 0) is 0 Å². The molecule has 0 amide bonds. The third-order valence-corrected chi connectivity index (χ3v) is 4.76. The Morgan fingerprint density at radius 2 is 1.52 bits per heavy atom. The van der Waals surface area contributed by atoms with Crippen LogP contribution in [0.1, 0.15) is 19.3 Å². The van der Waals surface area contributed by atoms with Gasteiger partial charge in [0, 0.05) is 37.6 Å². The molecule has 2 N–H and O–H groups in total. The van der Waals surface area contributed by atoms with Crippen molar-refractivity contribution < 1.29 is 0 Å². The Kier molecular flexibility index (Phi) is 4.99. The molecule has 0 bridgehead atoms. The third-order valence-electron chi connectivity index (χ3n) is 4.76. The van der Waals surface area contributed by atoms with Gasteiger partial charge in [-0.2, -0.15) is 0 Å². The molecule has 0 aliphatic carbocycles. The van der Waals surface area contributed by atoms with Crippen LogP contribution in [0.4, 0.5) is 11.4 Å².